The van der Waals surface area contributed by atoms with Crippen LogP contribution in [0.2, 0.25) is 0 Å². The molecule has 0 radical (unpaired) electrons. The van der Waals surface area contributed by atoms with E-state index in [1.54, 1.807) is 22.3 Å². The fraction of sp³-hybridized carbons (Fsp3) is 0.267. The van der Waals surface area contributed by atoms with Crippen molar-refractivity contribution in [1.29, 1.82) is 0 Å². The van der Waals surface area contributed by atoms with Gasteiger partial charge in [0.15, 0.2) is 0 Å². The Hall–Kier alpha value is -2.05. The van der Waals surface area contributed by atoms with Crippen molar-refractivity contribution in [3.8, 4) is 5.69 Å². The second kappa shape index (κ2) is 6.60. The highest BCUT2D eigenvalue weighted by molar-refractivity contribution is 7.09. The van der Waals surface area contributed by atoms with Crippen LogP contribution in [-0.4, -0.2) is 20.0 Å². The van der Waals surface area contributed by atoms with E-state index < -0.39 is 0 Å². The molecule has 108 valence electrons. The molecule has 1 N–H and O–H groups in total. The summed E-state index contributed by atoms with van der Waals surface area (Å²) < 4.78 is 0. The molecule has 0 amide bonds. The van der Waals surface area contributed by atoms with Gasteiger partial charge in [-0.3, -0.25) is 0 Å². The van der Waals surface area contributed by atoms with Crippen LogP contribution < -0.4 is 5.32 Å². The van der Waals surface area contributed by atoms with E-state index in [2.05, 4.69) is 27.4 Å². The predicted molar refractivity (Wildman–Crippen MR) is 83.3 cm³/mol. The molecular weight excluding hydrogens is 282 g/mol. The summed E-state index contributed by atoms with van der Waals surface area (Å²) in [5, 5.41) is 15.4. The first kappa shape index (κ1) is 13.9. The number of benzene rings is 1. The minimum atomic E-state index is 0.270. The molecule has 3 aromatic rings. The molecule has 0 bridgehead atoms. The van der Waals surface area contributed by atoms with Crippen LogP contribution in [0, 0.1) is 0 Å². The summed E-state index contributed by atoms with van der Waals surface area (Å²) in [6, 6.07) is 10.2. The van der Waals surface area contributed by atoms with E-state index in [9.17, 15) is 0 Å². The van der Waals surface area contributed by atoms with Gasteiger partial charge in [-0.25, -0.2) is 4.98 Å². The third-order valence-corrected chi connectivity index (χ3v) is 4.10. The fourth-order valence-corrected chi connectivity index (χ4v) is 2.90. The average molecular weight is 299 g/mol. The van der Waals surface area contributed by atoms with E-state index in [1.807, 2.05) is 41.9 Å². The van der Waals surface area contributed by atoms with Gasteiger partial charge < -0.3 is 5.32 Å². The standard InChI is InChI=1S/C15H17N5S/c1-2-14(15-16-8-9-21-15)17-10-12-11-18-20(19-12)13-6-4-3-5-7-13/h3-9,11,14,17H,2,10H2,1H3. The normalized spacial score (nSPS) is 12.4. The highest BCUT2D eigenvalue weighted by atomic mass is 32.1. The lowest BCUT2D eigenvalue weighted by Crippen LogP contribution is -2.20. The first-order valence-corrected chi connectivity index (χ1v) is 7.84. The Kier molecular flexibility index (Phi) is 4.37. The van der Waals surface area contributed by atoms with Crippen LogP contribution in [0.15, 0.2) is 48.1 Å². The SMILES string of the molecule is CCC(NCc1cnn(-c2ccccc2)n1)c1nccs1. The highest BCUT2D eigenvalue weighted by Crippen LogP contribution is 2.19. The second-order valence-electron chi connectivity index (χ2n) is 4.67. The zero-order chi connectivity index (χ0) is 14.5. The molecule has 5 nitrogen and oxygen atoms in total. The number of para-hydroxylation sites is 1. The molecule has 1 unspecified atom stereocenters. The van der Waals surface area contributed by atoms with Crippen molar-refractivity contribution in [2.75, 3.05) is 0 Å². The minimum Gasteiger partial charge on any atom is -0.302 e. The maximum atomic E-state index is 4.49. The van der Waals surface area contributed by atoms with E-state index in [0.717, 1.165) is 22.8 Å². The Bertz CT molecular complexity index is 662. The van der Waals surface area contributed by atoms with Gasteiger partial charge in [-0.15, -0.1) is 11.3 Å². The van der Waals surface area contributed by atoms with E-state index in [0.29, 0.717) is 6.54 Å². The number of nitrogens with zero attached hydrogens (tertiary/aromatic N) is 4. The van der Waals surface area contributed by atoms with Crippen LogP contribution in [-0.2, 0) is 6.54 Å². The molecule has 0 aliphatic carbocycles. The molecule has 0 aliphatic heterocycles. The monoisotopic (exact) mass is 299 g/mol. The number of thiazole rings is 1. The van der Waals surface area contributed by atoms with Crippen LogP contribution in [0.4, 0.5) is 0 Å². The van der Waals surface area contributed by atoms with Gasteiger partial charge in [-0.05, 0) is 18.6 Å². The van der Waals surface area contributed by atoms with Crippen molar-refractivity contribution in [2.45, 2.75) is 25.9 Å². The largest absolute Gasteiger partial charge is 0.302 e. The molecule has 0 saturated carbocycles. The van der Waals surface area contributed by atoms with E-state index in [1.165, 1.54) is 0 Å². The highest BCUT2D eigenvalue weighted by Gasteiger charge is 2.12. The maximum absolute atomic E-state index is 4.49. The Morgan fingerprint density at radius 1 is 1.29 bits per heavy atom. The molecule has 21 heavy (non-hydrogen) atoms. The summed E-state index contributed by atoms with van der Waals surface area (Å²) in [6.07, 6.45) is 4.64. The van der Waals surface area contributed by atoms with Gasteiger partial charge in [-0.2, -0.15) is 15.0 Å². The van der Waals surface area contributed by atoms with Crippen LogP contribution >= 0.6 is 11.3 Å². The van der Waals surface area contributed by atoms with Gasteiger partial charge >= 0.3 is 0 Å². The van der Waals surface area contributed by atoms with Crippen LogP contribution in [0.25, 0.3) is 5.69 Å². The molecule has 0 spiro atoms. The molecule has 2 aromatic heterocycles. The Labute approximate surface area is 127 Å². The third-order valence-electron chi connectivity index (χ3n) is 3.21. The molecule has 2 heterocycles. The molecule has 0 aliphatic rings. The zero-order valence-electron chi connectivity index (χ0n) is 11.8. The number of rotatable bonds is 6. The summed E-state index contributed by atoms with van der Waals surface area (Å²) in [4.78, 5) is 6.02. The van der Waals surface area contributed by atoms with Crippen molar-refractivity contribution in [3.63, 3.8) is 0 Å². The molecule has 0 fully saturated rings. The molecule has 1 atom stereocenters. The van der Waals surface area contributed by atoms with E-state index >= 15 is 0 Å². The summed E-state index contributed by atoms with van der Waals surface area (Å²) in [6.45, 7) is 2.84. The zero-order valence-corrected chi connectivity index (χ0v) is 12.6. The van der Waals surface area contributed by atoms with Crippen molar-refractivity contribution in [3.05, 3.63) is 58.8 Å². The summed E-state index contributed by atoms with van der Waals surface area (Å²) in [5.41, 5.74) is 1.89. The summed E-state index contributed by atoms with van der Waals surface area (Å²) in [7, 11) is 0. The number of hydrogen-bond acceptors (Lipinski definition) is 5. The number of nitrogens with one attached hydrogen (secondary N) is 1. The lowest BCUT2D eigenvalue weighted by Gasteiger charge is -2.12. The maximum Gasteiger partial charge on any atom is 0.109 e. The first-order chi connectivity index (χ1) is 10.4. The molecule has 3 rings (SSSR count). The molecular formula is C15H17N5S. The Balaban J connectivity index is 1.65. The van der Waals surface area contributed by atoms with Gasteiger partial charge in [0.1, 0.15) is 5.01 Å². The first-order valence-electron chi connectivity index (χ1n) is 6.96. The predicted octanol–water partition coefficient (Wildman–Crippen LogP) is 2.96. The van der Waals surface area contributed by atoms with Crippen LogP contribution in [0.5, 0.6) is 0 Å². The summed E-state index contributed by atoms with van der Waals surface area (Å²) in [5.74, 6) is 0. The van der Waals surface area contributed by atoms with Crippen molar-refractivity contribution in [2.24, 2.45) is 0 Å². The third kappa shape index (κ3) is 3.34. The van der Waals surface area contributed by atoms with Crippen molar-refractivity contribution in [1.82, 2.24) is 25.3 Å². The van der Waals surface area contributed by atoms with E-state index in [-0.39, 0.29) is 6.04 Å². The van der Waals surface area contributed by atoms with Gasteiger partial charge in [-0.1, -0.05) is 25.1 Å². The van der Waals surface area contributed by atoms with Gasteiger partial charge in [0.25, 0.3) is 0 Å². The molecule has 6 heteroatoms. The number of aromatic nitrogens is 4. The van der Waals surface area contributed by atoms with Crippen LogP contribution in [0.1, 0.15) is 30.1 Å². The van der Waals surface area contributed by atoms with Crippen molar-refractivity contribution >= 4 is 11.3 Å². The van der Waals surface area contributed by atoms with E-state index in [4.69, 9.17) is 0 Å². The number of hydrogen-bond donors (Lipinski definition) is 1. The van der Waals surface area contributed by atoms with Gasteiger partial charge in [0, 0.05) is 18.1 Å². The average Bonchev–Trinajstić information content (AvgIpc) is 3.20. The topological polar surface area (TPSA) is 55.6 Å². The van der Waals surface area contributed by atoms with Crippen LogP contribution in [0.3, 0.4) is 0 Å². The smallest absolute Gasteiger partial charge is 0.109 e. The lowest BCUT2D eigenvalue weighted by molar-refractivity contribution is 0.510. The molecule has 1 aromatic carbocycles. The minimum absolute atomic E-state index is 0.270. The van der Waals surface area contributed by atoms with Gasteiger partial charge in [0.05, 0.1) is 23.6 Å². The Morgan fingerprint density at radius 2 is 2.14 bits per heavy atom. The lowest BCUT2D eigenvalue weighted by atomic mass is 10.2. The van der Waals surface area contributed by atoms with Gasteiger partial charge in [0.2, 0.25) is 0 Å². The summed E-state index contributed by atoms with van der Waals surface area (Å²) >= 11 is 1.68. The molecule has 0 saturated heterocycles. The second-order valence-corrected chi connectivity index (χ2v) is 5.60. The Morgan fingerprint density at radius 3 is 2.86 bits per heavy atom. The fourth-order valence-electron chi connectivity index (χ4n) is 2.10. The quantitative estimate of drug-likeness (QED) is 0.760. The van der Waals surface area contributed by atoms with Crippen molar-refractivity contribution < 1.29 is 0 Å².